The van der Waals surface area contributed by atoms with Gasteiger partial charge in [0, 0.05) is 36.7 Å². The average Bonchev–Trinajstić information content (AvgIpc) is 2.97. The molecule has 19 heavy (non-hydrogen) atoms. The van der Waals surface area contributed by atoms with Gasteiger partial charge in [0.2, 0.25) is 5.91 Å². The second-order valence-electron chi connectivity index (χ2n) is 5.48. The molecule has 102 valence electrons. The van der Waals surface area contributed by atoms with Crippen molar-refractivity contribution in [2.24, 2.45) is 5.41 Å². The summed E-state index contributed by atoms with van der Waals surface area (Å²) in [5.41, 5.74) is 0.702. The first-order chi connectivity index (χ1) is 9.08. The van der Waals surface area contributed by atoms with E-state index < -0.39 is 0 Å². The predicted octanol–water partition coefficient (Wildman–Crippen LogP) is 1.52. The molecule has 3 rings (SSSR count). The molecule has 2 aliphatic rings. The van der Waals surface area contributed by atoms with Crippen LogP contribution in [-0.4, -0.2) is 41.3 Å². The van der Waals surface area contributed by atoms with Crippen LogP contribution in [0, 0.1) is 5.41 Å². The maximum Gasteiger partial charge on any atom is 0.270 e. The molecule has 0 bridgehead atoms. The number of piperidine rings is 1. The molecular weight excluding hydrogens is 310 g/mol. The molecule has 2 saturated heterocycles. The highest BCUT2D eigenvalue weighted by Gasteiger charge is 2.41. The van der Waals surface area contributed by atoms with Crippen molar-refractivity contribution in [3.8, 4) is 0 Å². The molecule has 1 aromatic rings. The lowest BCUT2D eigenvalue weighted by Gasteiger charge is -2.38. The Bertz CT molecular complexity index is 518. The quantitative estimate of drug-likeness (QED) is 0.822. The Kier molecular flexibility index (Phi) is 3.12. The van der Waals surface area contributed by atoms with Gasteiger partial charge < -0.3 is 15.2 Å². The van der Waals surface area contributed by atoms with Gasteiger partial charge in [0.25, 0.3) is 5.91 Å². The second-order valence-corrected chi connectivity index (χ2v) is 6.39. The summed E-state index contributed by atoms with van der Waals surface area (Å²) in [7, 11) is 0. The van der Waals surface area contributed by atoms with Gasteiger partial charge in [-0.1, -0.05) is 0 Å². The van der Waals surface area contributed by atoms with E-state index in [1.54, 1.807) is 12.3 Å². The standard InChI is InChI=1S/C13H16BrN3O2/c14-9-5-10(15-7-9)12(19)17-3-1-13(2-4-17)6-11(18)16-8-13/h5,7,15H,1-4,6,8H2,(H,16,18). The summed E-state index contributed by atoms with van der Waals surface area (Å²) in [6.45, 7) is 2.22. The number of hydrogen-bond acceptors (Lipinski definition) is 2. The van der Waals surface area contributed by atoms with Crippen molar-refractivity contribution in [3.63, 3.8) is 0 Å². The van der Waals surface area contributed by atoms with Gasteiger partial charge in [0.05, 0.1) is 0 Å². The highest BCUT2D eigenvalue weighted by Crippen LogP contribution is 2.37. The monoisotopic (exact) mass is 325 g/mol. The van der Waals surface area contributed by atoms with Crippen LogP contribution in [-0.2, 0) is 4.79 Å². The van der Waals surface area contributed by atoms with Crippen LogP contribution in [0.1, 0.15) is 29.8 Å². The topological polar surface area (TPSA) is 65.2 Å². The number of amides is 2. The normalized spacial score (nSPS) is 21.7. The zero-order valence-corrected chi connectivity index (χ0v) is 12.1. The molecule has 6 heteroatoms. The highest BCUT2D eigenvalue weighted by atomic mass is 79.9. The van der Waals surface area contributed by atoms with Crippen LogP contribution in [0.3, 0.4) is 0 Å². The van der Waals surface area contributed by atoms with Crippen molar-refractivity contribution < 1.29 is 9.59 Å². The van der Waals surface area contributed by atoms with Crippen molar-refractivity contribution in [1.29, 1.82) is 0 Å². The molecule has 0 saturated carbocycles. The fourth-order valence-corrected chi connectivity index (χ4v) is 3.29. The summed E-state index contributed by atoms with van der Waals surface area (Å²) in [4.78, 5) is 28.5. The Labute approximate surface area is 119 Å². The third-order valence-electron chi connectivity index (χ3n) is 4.19. The van der Waals surface area contributed by atoms with E-state index in [9.17, 15) is 9.59 Å². The van der Waals surface area contributed by atoms with Crippen molar-refractivity contribution >= 4 is 27.7 Å². The van der Waals surface area contributed by atoms with Crippen LogP contribution >= 0.6 is 15.9 Å². The number of likely N-dealkylation sites (tertiary alicyclic amines) is 1. The largest absolute Gasteiger partial charge is 0.356 e. The molecule has 2 amide bonds. The van der Waals surface area contributed by atoms with E-state index in [0.717, 1.165) is 36.9 Å². The minimum absolute atomic E-state index is 0.0397. The minimum atomic E-state index is 0.0397. The van der Waals surface area contributed by atoms with Crippen molar-refractivity contribution in [2.75, 3.05) is 19.6 Å². The number of rotatable bonds is 1. The summed E-state index contributed by atoms with van der Waals surface area (Å²) in [5, 5.41) is 2.90. The van der Waals surface area contributed by atoms with E-state index >= 15 is 0 Å². The van der Waals surface area contributed by atoms with Gasteiger partial charge in [-0.15, -0.1) is 0 Å². The predicted molar refractivity (Wildman–Crippen MR) is 73.7 cm³/mol. The number of carbonyl (C=O) groups is 2. The van der Waals surface area contributed by atoms with Crippen molar-refractivity contribution in [1.82, 2.24) is 15.2 Å². The van der Waals surface area contributed by atoms with Gasteiger partial charge in [-0.25, -0.2) is 0 Å². The van der Waals surface area contributed by atoms with Crippen molar-refractivity contribution in [2.45, 2.75) is 19.3 Å². The number of hydrogen-bond donors (Lipinski definition) is 2. The molecule has 1 spiro atoms. The molecule has 5 nitrogen and oxygen atoms in total. The lowest BCUT2D eigenvalue weighted by Crippen LogP contribution is -2.44. The number of aromatic nitrogens is 1. The third-order valence-corrected chi connectivity index (χ3v) is 4.64. The number of aromatic amines is 1. The van der Waals surface area contributed by atoms with Gasteiger partial charge in [-0.2, -0.15) is 0 Å². The summed E-state index contributed by atoms with van der Waals surface area (Å²) in [6.07, 6.45) is 4.18. The first-order valence-corrected chi connectivity index (χ1v) is 7.27. The van der Waals surface area contributed by atoms with Crippen LogP contribution in [0.15, 0.2) is 16.7 Å². The zero-order chi connectivity index (χ0) is 13.5. The number of carbonyl (C=O) groups excluding carboxylic acids is 2. The molecule has 2 aliphatic heterocycles. The van der Waals surface area contributed by atoms with E-state index in [1.165, 1.54) is 0 Å². The second kappa shape index (κ2) is 4.67. The first kappa shape index (κ1) is 12.7. The highest BCUT2D eigenvalue weighted by molar-refractivity contribution is 9.10. The van der Waals surface area contributed by atoms with Crippen LogP contribution in [0.25, 0.3) is 0 Å². The Morgan fingerprint density at radius 3 is 2.63 bits per heavy atom. The van der Waals surface area contributed by atoms with E-state index in [0.29, 0.717) is 12.1 Å². The fourth-order valence-electron chi connectivity index (χ4n) is 2.95. The van der Waals surface area contributed by atoms with Crippen LogP contribution in [0.5, 0.6) is 0 Å². The van der Waals surface area contributed by atoms with Crippen LogP contribution in [0.2, 0.25) is 0 Å². The summed E-state index contributed by atoms with van der Waals surface area (Å²) in [6, 6.07) is 1.80. The molecule has 3 heterocycles. The van der Waals surface area contributed by atoms with Crippen molar-refractivity contribution in [3.05, 3.63) is 22.4 Å². The molecule has 0 aromatic carbocycles. The molecule has 0 aliphatic carbocycles. The molecular formula is C13H16BrN3O2. The third kappa shape index (κ3) is 2.41. The SMILES string of the molecule is O=C1CC2(CCN(C(=O)c3cc(Br)c[nH]3)CC2)CN1. The van der Waals surface area contributed by atoms with Gasteiger partial charge in [0.1, 0.15) is 5.69 Å². The Balaban J connectivity index is 1.64. The lowest BCUT2D eigenvalue weighted by molar-refractivity contribution is -0.119. The summed E-state index contributed by atoms with van der Waals surface area (Å²) >= 11 is 3.33. The van der Waals surface area contributed by atoms with Crippen LogP contribution < -0.4 is 5.32 Å². The van der Waals surface area contributed by atoms with E-state index in [-0.39, 0.29) is 17.2 Å². The lowest BCUT2D eigenvalue weighted by atomic mass is 9.77. The maximum absolute atomic E-state index is 12.3. The van der Waals surface area contributed by atoms with Gasteiger partial charge in [-0.3, -0.25) is 9.59 Å². The number of H-pyrrole nitrogens is 1. The molecule has 1 aromatic heterocycles. The average molecular weight is 326 g/mol. The summed E-state index contributed by atoms with van der Waals surface area (Å²) in [5.74, 6) is 0.186. The molecule has 0 radical (unpaired) electrons. The van der Waals surface area contributed by atoms with Crippen LogP contribution in [0.4, 0.5) is 0 Å². The molecule has 2 fully saturated rings. The number of nitrogens with one attached hydrogen (secondary N) is 2. The summed E-state index contributed by atoms with van der Waals surface area (Å²) < 4.78 is 0.884. The van der Waals surface area contributed by atoms with Gasteiger partial charge in [-0.05, 0) is 40.3 Å². The van der Waals surface area contributed by atoms with Gasteiger partial charge >= 0.3 is 0 Å². The molecule has 2 N–H and O–H groups in total. The maximum atomic E-state index is 12.3. The van der Waals surface area contributed by atoms with Gasteiger partial charge in [0.15, 0.2) is 0 Å². The molecule has 0 unspecified atom stereocenters. The Hall–Kier alpha value is -1.30. The van der Waals surface area contributed by atoms with E-state index in [1.807, 2.05) is 4.90 Å². The first-order valence-electron chi connectivity index (χ1n) is 6.48. The zero-order valence-electron chi connectivity index (χ0n) is 10.5. The Morgan fingerprint density at radius 2 is 2.11 bits per heavy atom. The van der Waals surface area contributed by atoms with E-state index in [2.05, 4.69) is 26.2 Å². The molecule has 0 atom stereocenters. The Morgan fingerprint density at radius 1 is 1.37 bits per heavy atom. The number of nitrogens with zero attached hydrogens (tertiary/aromatic N) is 1. The smallest absolute Gasteiger partial charge is 0.270 e. The number of halogens is 1. The minimum Gasteiger partial charge on any atom is -0.356 e. The fraction of sp³-hybridized carbons (Fsp3) is 0.538. The van der Waals surface area contributed by atoms with E-state index in [4.69, 9.17) is 0 Å².